The van der Waals surface area contributed by atoms with E-state index in [1.807, 2.05) is 48.7 Å². The van der Waals surface area contributed by atoms with E-state index in [0.29, 0.717) is 23.6 Å². The molecule has 0 bridgehead atoms. The smallest absolute Gasteiger partial charge is 0.308 e. The van der Waals surface area contributed by atoms with Crippen molar-refractivity contribution in [2.24, 2.45) is 5.92 Å². The SMILES string of the molecule is Cc1cc(C(=O)N2CCC(C(=O)O)C2)c(C)n1-c1ccc(Cl)cc1. The van der Waals surface area contributed by atoms with Crippen LogP contribution in [-0.4, -0.2) is 39.5 Å². The summed E-state index contributed by atoms with van der Waals surface area (Å²) in [6, 6.07) is 9.31. The molecule has 1 aliphatic rings. The fraction of sp³-hybridized carbons (Fsp3) is 0.333. The number of carboxylic acid groups (broad SMARTS) is 1. The molecular weight excluding hydrogens is 328 g/mol. The van der Waals surface area contributed by atoms with Gasteiger partial charge in [-0.2, -0.15) is 0 Å². The zero-order valence-electron chi connectivity index (χ0n) is 13.6. The minimum atomic E-state index is -0.836. The third-order valence-corrected chi connectivity index (χ3v) is 4.82. The van der Waals surface area contributed by atoms with E-state index in [0.717, 1.165) is 17.1 Å². The molecule has 1 amide bonds. The first-order valence-corrected chi connectivity index (χ1v) is 8.23. The van der Waals surface area contributed by atoms with Gasteiger partial charge >= 0.3 is 5.97 Å². The molecule has 2 aromatic rings. The van der Waals surface area contributed by atoms with E-state index in [-0.39, 0.29) is 12.5 Å². The van der Waals surface area contributed by atoms with Gasteiger partial charge in [-0.3, -0.25) is 9.59 Å². The molecule has 2 heterocycles. The predicted octanol–water partition coefficient (Wildman–Crippen LogP) is 3.29. The Bertz CT molecular complexity index is 795. The van der Waals surface area contributed by atoms with Gasteiger partial charge in [0.2, 0.25) is 0 Å². The van der Waals surface area contributed by atoms with Crippen LogP contribution in [0.25, 0.3) is 5.69 Å². The fourth-order valence-corrected chi connectivity index (χ4v) is 3.41. The number of halogens is 1. The zero-order valence-corrected chi connectivity index (χ0v) is 14.4. The highest BCUT2D eigenvalue weighted by Gasteiger charge is 2.32. The van der Waals surface area contributed by atoms with E-state index in [4.69, 9.17) is 16.7 Å². The van der Waals surface area contributed by atoms with Gasteiger partial charge in [-0.15, -0.1) is 0 Å². The molecule has 1 aromatic carbocycles. The van der Waals surface area contributed by atoms with Gasteiger partial charge in [0.05, 0.1) is 11.5 Å². The molecule has 1 fully saturated rings. The van der Waals surface area contributed by atoms with Crippen LogP contribution in [0, 0.1) is 19.8 Å². The first kappa shape index (κ1) is 16.6. The van der Waals surface area contributed by atoms with Crippen molar-refractivity contribution in [2.45, 2.75) is 20.3 Å². The van der Waals surface area contributed by atoms with Gasteiger partial charge in [0.15, 0.2) is 0 Å². The summed E-state index contributed by atoms with van der Waals surface area (Å²) in [7, 11) is 0. The zero-order chi connectivity index (χ0) is 17.4. The van der Waals surface area contributed by atoms with Gasteiger partial charge < -0.3 is 14.6 Å². The van der Waals surface area contributed by atoms with Crippen molar-refractivity contribution in [3.05, 3.63) is 52.3 Å². The van der Waals surface area contributed by atoms with E-state index >= 15 is 0 Å². The standard InChI is InChI=1S/C18H19ClN2O3/c1-11-9-16(17(22)20-8-7-13(10-20)18(23)24)12(2)21(11)15-5-3-14(19)4-6-15/h3-6,9,13H,7-8,10H2,1-2H3,(H,23,24). The molecule has 24 heavy (non-hydrogen) atoms. The van der Waals surface area contributed by atoms with Gasteiger partial charge in [-0.25, -0.2) is 0 Å². The highest BCUT2D eigenvalue weighted by atomic mass is 35.5. The maximum atomic E-state index is 12.8. The predicted molar refractivity (Wildman–Crippen MR) is 91.9 cm³/mol. The van der Waals surface area contributed by atoms with Crippen LogP contribution in [0.5, 0.6) is 0 Å². The first-order valence-electron chi connectivity index (χ1n) is 7.85. The lowest BCUT2D eigenvalue weighted by Gasteiger charge is -2.16. The molecule has 6 heteroatoms. The second-order valence-electron chi connectivity index (χ2n) is 6.17. The third kappa shape index (κ3) is 2.91. The average molecular weight is 347 g/mol. The molecule has 0 radical (unpaired) electrons. The number of carbonyl (C=O) groups excluding carboxylic acids is 1. The Morgan fingerprint density at radius 3 is 2.46 bits per heavy atom. The summed E-state index contributed by atoms with van der Waals surface area (Å²) >= 11 is 5.94. The number of rotatable bonds is 3. The van der Waals surface area contributed by atoms with Crippen LogP contribution < -0.4 is 0 Å². The molecule has 1 saturated heterocycles. The summed E-state index contributed by atoms with van der Waals surface area (Å²) in [6.45, 7) is 4.61. The van der Waals surface area contributed by atoms with Crippen LogP contribution in [-0.2, 0) is 4.79 Å². The van der Waals surface area contributed by atoms with Crippen molar-refractivity contribution in [3.8, 4) is 5.69 Å². The summed E-state index contributed by atoms with van der Waals surface area (Å²) in [5.41, 5.74) is 3.36. The maximum Gasteiger partial charge on any atom is 0.308 e. The number of hydrogen-bond donors (Lipinski definition) is 1. The Labute approximate surface area is 145 Å². The number of carboxylic acids is 1. The summed E-state index contributed by atoms with van der Waals surface area (Å²) in [4.78, 5) is 25.5. The molecule has 1 unspecified atom stereocenters. The van der Waals surface area contributed by atoms with Gasteiger partial charge in [0.1, 0.15) is 0 Å². The van der Waals surface area contributed by atoms with Crippen LogP contribution >= 0.6 is 11.6 Å². The van der Waals surface area contributed by atoms with E-state index < -0.39 is 11.9 Å². The van der Waals surface area contributed by atoms with Gasteiger partial charge in [0, 0.05) is 35.2 Å². The van der Waals surface area contributed by atoms with E-state index in [1.54, 1.807) is 4.90 Å². The molecule has 0 spiro atoms. The molecule has 1 aromatic heterocycles. The number of likely N-dealkylation sites (tertiary alicyclic amines) is 1. The Morgan fingerprint density at radius 1 is 1.21 bits per heavy atom. The molecule has 1 N–H and O–H groups in total. The van der Waals surface area contributed by atoms with Crippen LogP contribution in [0.1, 0.15) is 28.2 Å². The minimum Gasteiger partial charge on any atom is -0.481 e. The summed E-state index contributed by atoms with van der Waals surface area (Å²) in [5.74, 6) is -1.40. The Morgan fingerprint density at radius 2 is 1.88 bits per heavy atom. The molecule has 126 valence electrons. The van der Waals surface area contributed by atoms with Crippen molar-refractivity contribution in [1.29, 1.82) is 0 Å². The second kappa shape index (κ2) is 6.32. The topological polar surface area (TPSA) is 62.5 Å². The first-order chi connectivity index (χ1) is 11.4. The van der Waals surface area contributed by atoms with Crippen LogP contribution in [0.2, 0.25) is 5.02 Å². The second-order valence-corrected chi connectivity index (χ2v) is 6.61. The van der Waals surface area contributed by atoms with E-state index in [2.05, 4.69) is 0 Å². The van der Waals surface area contributed by atoms with Crippen molar-refractivity contribution in [2.75, 3.05) is 13.1 Å². The third-order valence-electron chi connectivity index (χ3n) is 4.57. The lowest BCUT2D eigenvalue weighted by Crippen LogP contribution is -2.30. The quantitative estimate of drug-likeness (QED) is 0.927. The summed E-state index contributed by atoms with van der Waals surface area (Å²) < 4.78 is 2.01. The Kier molecular flexibility index (Phi) is 4.37. The van der Waals surface area contributed by atoms with Crippen LogP contribution in [0.3, 0.4) is 0 Å². The van der Waals surface area contributed by atoms with Gasteiger partial charge in [-0.05, 0) is 50.6 Å². The number of amides is 1. The largest absolute Gasteiger partial charge is 0.481 e. The van der Waals surface area contributed by atoms with E-state index in [1.165, 1.54) is 0 Å². The maximum absolute atomic E-state index is 12.8. The summed E-state index contributed by atoms with van der Waals surface area (Å²) in [5, 5.41) is 9.77. The Balaban J connectivity index is 1.90. The van der Waals surface area contributed by atoms with Crippen LogP contribution in [0.15, 0.2) is 30.3 Å². The highest BCUT2D eigenvalue weighted by molar-refractivity contribution is 6.30. The van der Waals surface area contributed by atoms with Crippen molar-refractivity contribution in [3.63, 3.8) is 0 Å². The van der Waals surface area contributed by atoms with Gasteiger partial charge in [-0.1, -0.05) is 11.6 Å². The molecule has 0 aliphatic carbocycles. The number of benzene rings is 1. The lowest BCUT2D eigenvalue weighted by atomic mass is 10.1. The Hall–Kier alpha value is -2.27. The van der Waals surface area contributed by atoms with Crippen LogP contribution in [0.4, 0.5) is 0 Å². The normalized spacial score (nSPS) is 17.3. The van der Waals surface area contributed by atoms with Gasteiger partial charge in [0.25, 0.3) is 5.91 Å². The minimum absolute atomic E-state index is 0.105. The monoisotopic (exact) mass is 346 g/mol. The number of aromatic nitrogens is 1. The number of carbonyl (C=O) groups is 2. The number of aryl methyl sites for hydroxylation is 1. The fourth-order valence-electron chi connectivity index (χ4n) is 3.28. The van der Waals surface area contributed by atoms with Crippen molar-refractivity contribution >= 4 is 23.5 Å². The van der Waals surface area contributed by atoms with Crippen molar-refractivity contribution < 1.29 is 14.7 Å². The lowest BCUT2D eigenvalue weighted by molar-refractivity contribution is -0.141. The molecule has 0 saturated carbocycles. The summed E-state index contributed by atoms with van der Waals surface area (Å²) in [6.07, 6.45) is 0.511. The molecule has 1 atom stereocenters. The number of aliphatic carboxylic acids is 1. The average Bonchev–Trinajstić information content (AvgIpc) is 3.14. The molecular formula is C18H19ClN2O3. The van der Waals surface area contributed by atoms with Crippen molar-refractivity contribution in [1.82, 2.24) is 9.47 Å². The number of hydrogen-bond acceptors (Lipinski definition) is 2. The highest BCUT2D eigenvalue weighted by Crippen LogP contribution is 2.25. The number of nitrogens with zero attached hydrogens (tertiary/aromatic N) is 2. The van der Waals surface area contributed by atoms with E-state index in [9.17, 15) is 9.59 Å². The molecule has 3 rings (SSSR count). The molecule has 5 nitrogen and oxygen atoms in total. The molecule has 1 aliphatic heterocycles.